The second-order valence-corrected chi connectivity index (χ2v) is 7.43. The summed E-state index contributed by atoms with van der Waals surface area (Å²) in [6, 6.07) is 6.63. The van der Waals surface area contributed by atoms with Crippen LogP contribution in [0.1, 0.15) is 23.2 Å². The van der Waals surface area contributed by atoms with Crippen molar-refractivity contribution in [2.45, 2.75) is 23.4 Å². The molecule has 1 spiro atoms. The van der Waals surface area contributed by atoms with Crippen LogP contribution < -0.4 is 20.7 Å². The Balaban J connectivity index is 1.51. The van der Waals surface area contributed by atoms with Crippen LogP contribution in [0.2, 0.25) is 0 Å². The zero-order chi connectivity index (χ0) is 19.0. The maximum Gasteiger partial charge on any atom is 0.255 e. The van der Waals surface area contributed by atoms with Gasteiger partial charge in [-0.2, -0.15) is 0 Å². The number of anilines is 2. The van der Waals surface area contributed by atoms with Gasteiger partial charge < -0.3 is 16.0 Å². The van der Waals surface area contributed by atoms with Gasteiger partial charge >= 0.3 is 0 Å². The third kappa shape index (κ3) is 3.62. The van der Waals surface area contributed by atoms with E-state index < -0.39 is 23.4 Å². The zero-order valence-corrected chi connectivity index (χ0v) is 15.0. The number of benzene rings is 2. The van der Waals surface area contributed by atoms with E-state index in [0.717, 1.165) is 48.6 Å². The van der Waals surface area contributed by atoms with Crippen molar-refractivity contribution in [1.82, 2.24) is 10.0 Å². The first-order valence-corrected chi connectivity index (χ1v) is 9.30. The molecule has 0 aromatic heterocycles. The fourth-order valence-electron chi connectivity index (χ4n) is 3.20. The summed E-state index contributed by atoms with van der Waals surface area (Å²) in [6.45, 7) is 1.84. The van der Waals surface area contributed by atoms with E-state index in [1.54, 1.807) is 12.1 Å². The molecular weight excluding hydrogens is 377 g/mol. The molecule has 0 aliphatic carbocycles. The Morgan fingerprint density at radius 1 is 1.07 bits per heavy atom. The molecule has 1 fully saturated rings. The van der Waals surface area contributed by atoms with E-state index in [1.165, 1.54) is 11.9 Å². The van der Waals surface area contributed by atoms with E-state index in [4.69, 9.17) is 0 Å². The van der Waals surface area contributed by atoms with E-state index >= 15 is 0 Å². The lowest BCUT2D eigenvalue weighted by Crippen LogP contribution is -2.56. The molecule has 2 aromatic rings. The molecule has 0 radical (unpaired) electrons. The van der Waals surface area contributed by atoms with Gasteiger partial charge in [0.2, 0.25) is 0 Å². The SMILES string of the molecule is O=C(Nc1cc(F)c(F)c(F)c1)c1ccc2c(c1)SNC1(CCNCC1)N2. The highest BCUT2D eigenvalue weighted by molar-refractivity contribution is 7.97. The Kier molecular flexibility index (Phi) is 4.75. The van der Waals surface area contributed by atoms with Crippen molar-refractivity contribution in [3.63, 3.8) is 0 Å². The van der Waals surface area contributed by atoms with Crippen molar-refractivity contribution >= 4 is 29.2 Å². The second-order valence-electron chi connectivity index (χ2n) is 6.58. The maximum absolute atomic E-state index is 13.3. The highest BCUT2D eigenvalue weighted by Gasteiger charge is 2.35. The third-order valence-electron chi connectivity index (χ3n) is 4.67. The van der Waals surface area contributed by atoms with Crippen molar-refractivity contribution in [2.24, 2.45) is 0 Å². The van der Waals surface area contributed by atoms with Crippen molar-refractivity contribution in [2.75, 3.05) is 23.7 Å². The van der Waals surface area contributed by atoms with Crippen molar-refractivity contribution in [1.29, 1.82) is 0 Å². The Morgan fingerprint density at radius 2 is 1.78 bits per heavy atom. The highest BCUT2D eigenvalue weighted by Crippen LogP contribution is 2.37. The minimum Gasteiger partial charge on any atom is -0.366 e. The number of carbonyl (C=O) groups excluding carboxylic acids is 1. The fraction of sp³-hybridized carbons (Fsp3) is 0.278. The van der Waals surface area contributed by atoms with Crippen molar-refractivity contribution in [3.05, 3.63) is 53.3 Å². The predicted octanol–water partition coefficient (Wildman–Crippen LogP) is 3.46. The molecule has 9 heteroatoms. The molecule has 2 aromatic carbocycles. The van der Waals surface area contributed by atoms with Gasteiger partial charge in [-0.05, 0) is 56.1 Å². The van der Waals surface area contributed by atoms with E-state index in [0.29, 0.717) is 5.56 Å². The number of rotatable bonds is 2. The summed E-state index contributed by atoms with van der Waals surface area (Å²) in [5.41, 5.74) is 0.939. The van der Waals surface area contributed by atoms with Gasteiger partial charge in [-0.1, -0.05) is 0 Å². The molecule has 5 nitrogen and oxygen atoms in total. The summed E-state index contributed by atoms with van der Waals surface area (Å²) >= 11 is 1.45. The number of nitrogens with one attached hydrogen (secondary N) is 4. The molecule has 4 rings (SSSR count). The van der Waals surface area contributed by atoms with Crippen LogP contribution in [0, 0.1) is 17.5 Å². The van der Waals surface area contributed by atoms with Gasteiger partial charge in [-0.15, -0.1) is 0 Å². The molecule has 0 atom stereocenters. The molecule has 142 valence electrons. The van der Waals surface area contributed by atoms with E-state index in [1.807, 2.05) is 6.07 Å². The van der Waals surface area contributed by atoms with Crippen LogP contribution in [0.4, 0.5) is 24.5 Å². The van der Waals surface area contributed by atoms with Crippen LogP contribution in [0.5, 0.6) is 0 Å². The summed E-state index contributed by atoms with van der Waals surface area (Å²) < 4.78 is 43.1. The smallest absolute Gasteiger partial charge is 0.255 e. The van der Waals surface area contributed by atoms with Crippen LogP contribution >= 0.6 is 11.9 Å². The van der Waals surface area contributed by atoms with Gasteiger partial charge in [-0.3, -0.25) is 4.79 Å². The van der Waals surface area contributed by atoms with Gasteiger partial charge in [0, 0.05) is 28.3 Å². The van der Waals surface area contributed by atoms with Gasteiger partial charge in [0.15, 0.2) is 17.5 Å². The van der Waals surface area contributed by atoms with E-state index in [9.17, 15) is 18.0 Å². The Bertz CT molecular complexity index is 879. The first-order chi connectivity index (χ1) is 13.0. The number of amides is 1. The number of halogens is 3. The molecule has 1 saturated heterocycles. The van der Waals surface area contributed by atoms with Gasteiger partial charge in [-0.25, -0.2) is 17.9 Å². The molecule has 2 aliphatic rings. The van der Waals surface area contributed by atoms with E-state index in [2.05, 4.69) is 20.7 Å². The number of hydrogen-bond donors (Lipinski definition) is 4. The average molecular weight is 394 g/mol. The topological polar surface area (TPSA) is 65.2 Å². The Labute approximate surface area is 158 Å². The lowest BCUT2D eigenvalue weighted by molar-refractivity contribution is 0.102. The van der Waals surface area contributed by atoms with Gasteiger partial charge in [0.1, 0.15) is 0 Å². The van der Waals surface area contributed by atoms with Gasteiger partial charge in [0.25, 0.3) is 5.91 Å². The predicted molar refractivity (Wildman–Crippen MR) is 98.2 cm³/mol. The molecule has 2 aliphatic heterocycles. The normalized spacial score (nSPS) is 17.9. The maximum atomic E-state index is 13.3. The largest absolute Gasteiger partial charge is 0.366 e. The number of piperidine rings is 1. The molecular formula is C18H17F3N4OS. The standard InChI is InChI=1S/C18H17F3N4OS/c19-12-8-11(9-13(20)16(12)21)23-17(26)10-1-2-14-15(7-10)27-25-18(24-14)3-5-22-6-4-18/h1-2,7-9,22,24-25H,3-6H2,(H,23,26). The van der Waals surface area contributed by atoms with Gasteiger partial charge in [0.05, 0.1) is 11.4 Å². The third-order valence-corrected chi connectivity index (χ3v) is 5.72. The molecule has 27 heavy (non-hydrogen) atoms. The van der Waals surface area contributed by atoms with E-state index in [-0.39, 0.29) is 11.4 Å². The molecule has 0 saturated carbocycles. The van der Waals surface area contributed by atoms with Crippen LogP contribution in [0.25, 0.3) is 0 Å². The van der Waals surface area contributed by atoms with Crippen LogP contribution in [-0.2, 0) is 0 Å². The highest BCUT2D eigenvalue weighted by atomic mass is 32.2. The number of carbonyl (C=O) groups is 1. The summed E-state index contributed by atoms with van der Waals surface area (Å²) in [5, 5.41) is 9.21. The molecule has 0 unspecified atom stereocenters. The molecule has 4 N–H and O–H groups in total. The quantitative estimate of drug-likeness (QED) is 0.464. The lowest BCUT2D eigenvalue weighted by atomic mass is 9.98. The monoisotopic (exact) mass is 394 g/mol. The fourth-order valence-corrected chi connectivity index (χ4v) is 4.17. The Morgan fingerprint density at radius 3 is 2.48 bits per heavy atom. The van der Waals surface area contributed by atoms with Crippen molar-refractivity contribution < 1.29 is 18.0 Å². The van der Waals surface area contributed by atoms with Crippen LogP contribution in [0.15, 0.2) is 35.2 Å². The van der Waals surface area contributed by atoms with Crippen molar-refractivity contribution in [3.8, 4) is 0 Å². The summed E-state index contributed by atoms with van der Waals surface area (Å²) in [4.78, 5) is 13.2. The number of hydrogen-bond acceptors (Lipinski definition) is 5. The lowest BCUT2D eigenvalue weighted by Gasteiger charge is -2.43. The minimum atomic E-state index is -1.57. The summed E-state index contributed by atoms with van der Waals surface area (Å²) in [5.74, 6) is -4.81. The molecule has 1 amide bonds. The molecule has 0 bridgehead atoms. The second kappa shape index (κ2) is 7.06. The Hall–Kier alpha value is -2.23. The first kappa shape index (κ1) is 18.1. The average Bonchev–Trinajstić information content (AvgIpc) is 2.66. The van der Waals surface area contributed by atoms with Crippen LogP contribution in [-0.4, -0.2) is 24.7 Å². The zero-order valence-electron chi connectivity index (χ0n) is 14.2. The minimum absolute atomic E-state index is 0.147. The number of fused-ring (bicyclic) bond motifs is 1. The molecule has 2 heterocycles. The summed E-state index contributed by atoms with van der Waals surface area (Å²) in [7, 11) is 0. The first-order valence-electron chi connectivity index (χ1n) is 8.49. The summed E-state index contributed by atoms with van der Waals surface area (Å²) in [6.07, 6.45) is 1.87. The van der Waals surface area contributed by atoms with Crippen LogP contribution in [0.3, 0.4) is 0 Å².